The van der Waals surface area contributed by atoms with Gasteiger partial charge in [-0.05, 0) is 28.6 Å². The van der Waals surface area contributed by atoms with Gasteiger partial charge in [0.15, 0.2) is 0 Å². The van der Waals surface area contributed by atoms with Gasteiger partial charge in [-0.25, -0.2) is 0 Å². The molecule has 0 aliphatic heterocycles. The van der Waals surface area contributed by atoms with Gasteiger partial charge in [0, 0.05) is 23.7 Å². The van der Waals surface area contributed by atoms with Crippen LogP contribution in [0.4, 0.5) is 0 Å². The Morgan fingerprint density at radius 3 is 2.50 bits per heavy atom. The van der Waals surface area contributed by atoms with Crippen molar-refractivity contribution in [3.8, 4) is 0 Å². The van der Waals surface area contributed by atoms with Gasteiger partial charge in [-0.2, -0.15) is 0 Å². The van der Waals surface area contributed by atoms with Crippen molar-refractivity contribution in [2.75, 3.05) is 0 Å². The lowest BCUT2D eigenvalue weighted by atomic mass is 10.1. The maximum Gasteiger partial charge on any atom is 0.250 e. The summed E-state index contributed by atoms with van der Waals surface area (Å²) in [4.78, 5) is 24.7. The van der Waals surface area contributed by atoms with Crippen LogP contribution in [0.25, 0.3) is 0 Å². The number of pyridine rings is 1. The lowest BCUT2D eigenvalue weighted by Crippen LogP contribution is -2.24. The number of thiophene rings is 1. The van der Waals surface area contributed by atoms with Gasteiger partial charge in [0.25, 0.3) is 5.56 Å². The van der Waals surface area contributed by atoms with Crippen LogP contribution in [-0.4, -0.2) is 10.5 Å². The van der Waals surface area contributed by atoms with Crippen LogP contribution in [0, 0.1) is 0 Å². The van der Waals surface area contributed by atoms with Crippen molar-refractivity contribution in [3.05, 3.63) is 92.5 Å². The lowest BCUT2D eigenvalue weighted by molar-refractivity contribution is -0.120. The predicted molar refractivity (Wildman–Crippen MR) is 96.1 cm³/mol. The molecule has 1 N–H and O–H groups in total. The van der Waals surface area contributed by atoms with Crippen molar-refractivity contribution in [1.82, 2.24) is 9.88 Å². The second kappa shape index (κ2) is 7.75. The fourth-order valence-electron chi connectivity index (χ4n) is 2.39. The Morgan fingerprint density at radius 1 is 1.00 bits per heavy atom. The molecule has 24 heavy (non-hydrogen) atoms. The molecule has 0 aliphatic carbocycles. The van der Waals surface area contributed by atoms with E-state index in [-0.39, 0.29) is 11.5 Å². The zero-order valence-corrected chi connectivity index (χ0v) is 14.0. The molecule has 0 bridgehead atoms. The van der Waals surface area contributed by atoms with E-state index in [1.165, 1.54) is 0 Å². The normalized spacial score (nSPS) is 10.5. The number of carbonyl (C=O) groups excluding carboxylic acids is 1. The van der Waals surface area contributed by atoms with E-state index in [2.05, 4.69) is 5.32 Å². The number of nitrogens with one attached hydrogen (secondary N) is 1. The Balaban J connectivity index is 1.54. The van der Waals surface area contributed by atoms with Gasteiger partial charge >= 0.3 is 0 Å². The predicted octanol–water partition coefficient (Wildman–Crippen LogP) is 2.82. The van der Waals surface area contributed by atoms with Crippen LogP contribution in [0.5, 0.6) is 0 Å². The quantitative estimate of drug-likeness (QED) is 0.751. The third-order valence-corrected chi connectivity index (χ3v) is 4.56. The molecule has 4 nitrogen and oxygen atoms in total. The van der Waals surface area contributed by atoms with E-state index in [4.69, 9.17) is 0 Å². The van der Waals surface area contributed by atoms with Crippen molar-refractivity contribution >= 4 is 17.2 Å². The fraction of sp³-hybridized carbons (Fsp3) is 0.158. The van der Waals surface area contributed by atoms with Gasteiger partial charge in [0.2, 0.25) is 5.91 Å². The molecule has 2 aromatic heterocycles. The summed E-state index contributed by atoms with van der Waals surface area (Å²) in [7, 11) is 0. The first-order valence-corrected chi connectivity index (χ1v) is 8.61. The summed E-state index contributed by atoms with van der Waals surface area (Å²) in [5.41, 5.74) is 2.08. The molecule has 0 radical (unpaired) electrons. The average molecular weight is 338 g/mol. The summed E-state index contributed by atoms with van der Waals surface area (Å²) in [6, 6.07) is 17.0. The summed E-state index contributed by atoms with van der Waals surface area (Å²) >= 11 is 1.59. The van der Waals surface area contributed by atoms with Gasteiger partial charge in [-0.1, -0.05) is 36.4 Å². The zero-order valence-electron chi connectivity index (χ0n) is 13.1. The van der Waals surface area contributed by atoms with Gasteiger partial charge in [-0.3, -0.25) is 9.59 Å². The van der Waals surface area contributed by atoms with Crippen LogP contribution in [0.3, 0.4) is 0 Å². The number of carbonyl (C=O) groups is 1. The summed E-state index contributed by atoms with van der Waals surface area (Å²) in [5, 5.41) is 4.90. The van der Waals surface area contributed by atoms with E-state index in [1.54, 1.807) is 34.2 Å². The molecule has 1 amide bonds. The van der Waals surface area contributed by atoms with Crippen molar-refractivity contribution in [2.45, 2.75) is 19.5 Å². The molecule has 5 heteroatoms. The van der Waals surface area contributed by atoms with Gasteiger partial charge < -0.3 is 9.88 Å². The Labute approximate surface area is 144 Å². The fourth-order valence-corrected chi connectivity index (χ4v) is 3.09. The zero-order chi connectivity index (χ0) is 16.8. The molecule has 0 fully saturated rings. The van der Waals surface area contributed by atoms with E-state index < -0.39 is 0 Å². The molecule has 122 valence electrons. The van der Waals surface area contributed by atoms with Gasteiger partial charge in [-0.15, -0.1) is 11.3 Å². The summed E-state index contributed by atoms with van der Waals surface area (Å²) < 4.78 is 1.66. The molecule has 0 spiro atoms. The highest BCUT2D eigenvalue weighted by Gasteiger charge is 2.04. The number of amides is 1. The third-order valence-electron chi connectivity index (χ3n) is 3.68. The van der Waals surface area contributed by atoms with Crippen LogP contribution in [-0.2, 0) is 24.3 Å². The Hall–Kier alpha value is -2.66. The Morgan fingerprint density at radius 2 is 1.79 bits per heavy atom. The monoisotopic (exact) mass is 338 g/mol. The Kier molecular flexibility index (Phi) is 5.23. The van der Waals surface area contributed by atoms with Crippen LogP contribution in [0.1, 0.15) is 16.0 Å². The molecular formula is C19H18N2O2S. The van der Waals surface area contributed by atoms with E-state index in [9.17, 15) is 9.59 Å². The second-order valence-electron chi connectivity index (χ2n) is 5.52. The molecule has 1 aromatic carbocycles. The van der Waals surface area contributed by atoms with Crippen LogP contribution >= 0.6 is 11.3 Å². The largest absolute Gasteiger partial charge is 0.352 e. The van der Waals surface area contributed by atoms with Crippen LogP contribution < -0.4 is 10.9 Å². The van der Waals surface area contributed by atoms with Gasteiger partial charge in [0.1, 0.15) is 0 Å². The highest BCUT2D eigenvalue weighted by atomic mass is 32.1. The number of hydrogen-bond donors (Lipinski definition) is 1. The number of nitrogens with zero attached hydrogens (tertiary/aromatic N) is 1. The van der Waals surface area contributed by atoms with Crippen molar-refractivity contribution in [2.24, 2.45) is 0 Å². The number of benzene rings is 1. The van der Waals surface area contributed by atoms with E-state index in [0.717, 1.165) is 16.0 Å². The smallest absolute Gasteiger partial charge is 0.250 e. The number of aromatic nitrogens is 1. The molecule has 0 saturated carbocycles. The SMILES string of the molecule is O=C(Cc1cccs1)NCc1ccc(Cn2ccccc2=O)cc1. The molecule has 3 aromatic rings. The van der Waals surface area contributed by atoms with Crippen molar-refractivity contribution < 1.29 is 4.79 Å². The second-order valence-corrected chi connectivity index (χ2v) is 6.55. The van der Waals surface area contributed by atoms with Crippen LogP contribution in [0.2, 0.25) is 0 Å². The summed E-state index contributed by atoms with van der Waals surface area (Å²) in [6.07, 6.45) is 2.20. The molecule has 3 rings (SSSR count). The molecular weight excluding hydrogens is 320 g/mol. The minimum Gasteiger partial charge on any atom is -0.352 e. The highest BCUT2D eigenvalue weighted by molar-refractivity contribution is 7.10. The van der Waals surface area contributed by atoms with E-state index in [1.807, 2.05) is 47.8 Å². The number of rotatable bonds is 6. The molecule has 2 heterocycles. The summed E-state index contributed by atoms with van der Waals surface area (Å²) in [5.74, 6) is 0.0253. The molecule has 0 atom stereocenters. The number of hydrogen-bond acceptors (Lipinski definition) is 3. The van der Waals surface area contributed by atoms with Crippen LogP contribution in [0.15, 0.2) is 71.0 Å². The maximum atomic E-state index is 11.9. The van der Waals surface area contributed by atoms with Crippen molar-refractivity contribution in [3.63, 3.8) is 0 Å². The first-order valence-electron chi connectivity index (χ1n) is 7.73. The maximum absolute atomic E-state index is 11.9. The highest BCUT2D eigenvalue weighted by Crippen LogP contribution is 2.09. The first-order chi connectivity index (χ1) is 11.7. The minimum absolute atomic E-state index is 0.0117. The lowest BCUT2D eigenvalue weighted by Gasteiger charge is -2.08. The van der Waals surface area contributed by atoms with Gasteiger partial charge in [0.05, 0.1) is 13.0 Å². The Bertz CT molecular complexity index is 852. The van der Waals surface area contributed by atoms with E-state index in [0.29, 0.717) is 19.5 Å². The molecule has 0 unspecified atom stereocenters. The summed E-state index contributed by atoms with van der Waals surface area (Å²) in [6.45, 7) is 1.06. The first kappa shape index (κ1) is 16.2. The molecule has 0 aliphatic rings. The topological polar surface area (TPSA) is 51.1 Å². The molecule has 0 saturated heterocycles. The third kappa shape index (κ3) is 4.43. The van der Waals surface area contributed by atoms with Crippen molar-refractivity contribution in [1.29, 1.82) is 0 Å². The van der Waals surface area contributed by atoms with E-state index >= 15 is 0 Å². The standard InChI is InChI=1S/C19H18N2O2S/c22-18(12-17-4-3-11-24-17)20-13-15-6-8-16(9-7-15)14-21-10-2-1-5-19(21)23/h1-11H,12-14H2,(H,20,22). The average Bonchev–Trinajstić information content (AvgIpc) is 3.09. The minimum atomic E-state index is -0.0117.